The maximum Gasteiger partial charge on any atom is 0.257 e. The number of amides is 1. The first-order valence-electron chi connectivity index (χ1n) is 9.11. The maximum atomic E-state index is 12.4. The van der Waals surface area contributed by atoms with Gasteiger partial charge in [0.25, 0.3) is 5.91 Å². The Morgan fingerprint density at radius 1 is 1.11 bits per heavy atom. The highest BCUT2D eigenvalue weighted by Gasteiger charge is 2.21. The summed E-state index contributed by atoms with van der Waals surface area (Å²) in [4.78, 5) is 17.0. The second kappa shape index (κ2) is 9.56. The summed E-state index contributed by atoms with van der Waals surface area (Å²) in [6, 6.07) is 12.3. The molecule has 0 radical (unpaired) electrons. The van der Waals surface area contributed by atoms with Crippen LogP contribution in [0.1, 0.15) is 17.3 Å². The first-order chi connectivity index (χ1) is 13.5. The SMILES string of the molecule is CCN1CCN(c2c(Cl)cccc2NC(=S)NC(=O)c2cccc(Cl)c2)CC1. The van der Waals surface area contributed by atoms with Gasteiger partial charge in [0.1, 0.15) is 0 Å². The Labute approximate surface area is 180 Å². The van der Waals surface area contributed by atoms with Gasteiger partial charge >= 0.3 is 0 Å². The minimum atomic E-state index is -0.319. The zero-order valence-electron chi connectivity index (χ0n) is 15.5. The predicted molar refractivity (Wildman–Crippen MR) is 121 cm³/mol. The number of carbonyl (C=O) groups is 1. The molecule has 0 spiro atoms. The lowest BCUT2D eigenvalue weighted by molar-refractivity contribution is 0.0977. The largest absolute Gasteiger partial charge is 0.366 e. The molecule has 0 bridgehead atoms. The number of rotatable bonds is 4. The zero-order valence-corrected chi connectivity index (χ0v) is 17.9. The van der Waals surface area contributed by atoms with Gasteiger partial charge in [-0.3, -0.25) is 10.1 Å². The molecule has 0 aliphatic carbocycles. The molecule has 5 nitrogen and oxygen atoms in total. The monoisotopic (exact) mass is 436 g/mol. The number of anilines is 2. The molecule has 8 heteroatoms. The van der Waals surface area contributed by atoms with Gasteiger partial charge in [-0.2, -0.15) is 0 Å². The van der Waals surface area contributed by atoms with Crippen molar-refractivity contribution in [3.05, 3.63) is 58.1 Å². The van der Waals surface area contributed by atoms with E-state index in [0.717, 1.165) is 44.1 Å². The number of halogens is 2. The Bertz CT molecular complexity index is 869. The van der Waals surface area contributed by atoms with Crippen molar-refractivity contribution < 1.29 is 4.79 Å². The standard InChI is InChI=1S/C20H22Cl2N4OS/c1-2-25-9-11-26(12-10-25)18-16(22)7-4-8-17(18)23-20(28)24-19(27)14-5-3-6-15(21)13-14/h3-8,13H,2,9-12H2,1H3,(H2,23,24,27,28). The third-order valence-corrected chi connectivity index (χ3v) is 5.43. The van der Waals surface area contributed by atoms with E-state index < -0.39 is 0 Å². The molecule has 3 rings (SSSR count). The Hall–Kier alpha value is -1.86. The van der Waals surface area contributed by atoms with Crippen molar-refractivity contribution in [1.82, 2.24) is 10.2 Å². The number of piperazine rings is 1. The molecule has 0 aromatic heterocycles. The van der Waals surface area contributed by atoms with E-state index in [1.807, 2.05) is 18.2 Å². The molecule has 1 amide bonds. The summed E-state index contributed by atoms with van der Waals surface area (Å²) in [6.07, 6.45) is 0. The number of likely N-dealkylation sites (N-methyl/N-ethyl adjacent to an activating group) is 1. The molecule has 28 heavy (non-hydrogen) atoms. The number of nitrogens with one attached hydrogen (secondary N) is 2. The van der Waals surface area contributed by atoms with Crippen LogP contribution >= 0.6 is 35.4 Å². The average Bonchev–Trinajstić information content (AvgIpc) is 2.68. The van der Waals surface area contributed by atoms with Gasteiger partial charge in [-0.1, -0.05) is 42.3 Å². The maximum absolute atomic E-state index is 12.4. The van der Waals surface area contributed by atoms with E-state index in [4.69, 9.17) is 35.4 Å². The smallest absolute Gasteiger partial charge is 0.257 e. The van der Waals surface area contributed by atoms with Crippen molar-refractivity contribution in [2.45, 2.75) is 6.92 Å². The molecule has 0 saturated carbocycles. The van der Waals surface area contributed by atoms with Gasteiger partial charge in [0.05, 0.1) is 16.4 Å². The average molecular weight is 437 g/mol. The minimum absolute atomic E-state index is 0.209. The molecule has 2 aromatic rings. The van der Waals surface area contributed by atoms with Gasteiger partial charge in [0.2, 0.25) is 0 Å². The Morgan fingerprint density at radius 3 is 2.50 bits per heavy atom. The van der Waals surface area contributed by atoms with Gasteiger partial charge in [0, 0.05) is 36.8 Å². The molecule has 1 aliphatic heterocycles. The van der Waals surface area contributed by atoms with E-state index in [1.165, 1.54) is 0 Å². The first-order valence-corrected chi connectivity index (χ1v) is 10.3. The third kappa shape index (κ3) is 5.14. The zero-order chi connectivity index (χ0) is 20.1. The highest BCUT2D eigenvalue weighted by molar-refractivity contribution is 7.80. The van der Waals surface area contributed by atoms with E-state index in [2.05, 4.69) is 27.4 Å². The summed E-state index contributed by atoms with van der Waals surface area (Å²) < 4.78 is 0. The van der Waals surface area contributed by atoms with Crippen LogP contribution < -0.4 is 15.5 Å². The molecule has 1 fully saturated rings. The lowest BCUT2D eigenvalue weighted by atomic mass is 10.2. The molecule has 1 saturated heterocycles. The number of para-hydroxylation sites is 1. The summed E-state index contributed by atoms with van der Waals surface area (Å²) in [6.45, 7) is 6.94. The van der Waals surface area contributed by atoms with Crippen LogP contribution in [0.5, 0.6) is 0 Å². The molecule has 0 atom stereocenters. The molecular weight excluding hydrogens is 415 g/mol. The van der Waals surface area contributed by atoms with Gasteiger partial charge in [0.15, 0.2) is 5.11 Å². The molecule has 0 unspecified atom stereocenters. The Kier molecular flexibility index (Phi) is 7.13. The lowest BCUT2D eigenvalue weighted by Crippen LogP contribution is -2.46. The first kappa shape index (κ1) is 20.9. The van der Waals surface area contributed by atoms with Crippen molar-refractivity contribution in [2.24, 2.45) is 0 Å². The topological polar surface area (TPSA) is 47.6 Å². The van der Waals surface area contributed by atoms with Crippen molar-refractivity contribution in [3.8, 4) is 0 Å². The fourth-order valence-electron chi connectivity index (χ4n) is 3.18. The number of hydrogen-bond donors (Lipinski definition) is 2. The van der Waals surface area contributed by atoms with Crippen LogP contribution in [0, 0.1) is 0 Å². The van der Waals surface area contributed by atoms with Crippen LogP contribution in [-0.4, -0.2) is 48.6 Å². The van der Waals surface area contributed by atoms with E-state index >= 15 is 0 Å². The summed E-state index contributed by atoms with van der Waals surface area (Å²) >= 11 is 17.8. The lowest BCUT2D eigenvalue weighted by Gasteiger charge is -2.37. The normalized spacial score (nSPS) is 14.6. The number of thiocarbonyl (C=S) groups is 1. The fourth-order valence-corrected chi connectivity index (χ4v) is 3.87. The summed E-state index contributed by atoms with van der Waals surface area (Å²) in [7, 11) is 0. The summed E-state index contributed by atoms with van der Waals surface area (Å²) in [5.41, 5.74) is 2.12. The van der Waals surface area contributed by atoms with E-state index in [0.29, 0.717) is 15.6 Å². The van der Waals surface area contributed by atoms with Gasteiger partial charge in [-0.05, 0) is 49.1 Å². The number of nitrogens with zero attached hydrogens (tertiary/aromatic N) is 2. The van der Waals surface area contributed by atoms with E-state index in [9.17, 15) is 4.79 Å². The second-order valence-corrected chi connectivity index (χ2v) is 7.73. The molecule has 1 heterocycles. The van der Waals surface area contributed by atoms with Crippen LogP contribution in [-0.2, 0) is 0 Å². The van der Waals surface area contributed by atoms with E-state index in [-0.39, 0.29) is 11.0 Å². The second-order valence-electron chi connectivity index (χ2n) is 6.48. The van der Waals surface area contributed by atoms with E-state index in [1.54, 1.807) is 24.3 Å². The quantitative estimate of drug-likeness (QED) is 0.700. The molecule has 1 aliphatic rings. The van der Waals surface area contributed by atoms with Crippen LogP contribution in [0.3, 0.4) is 0 Å². The number of carbonyl (C=O) groups excluding carboxylic acids is 1. The Balaban J connectivity index is 1.71. The van der Waals surface area contributed by atoms with Gasteiger partial charge < -0.3 is 15.1 Å². The molecule has 2 N–H and O–H groups in total. The number of hydrogen-bond acceptors (Lipinski definition) is 4. The number of benzene rings is 2. The predicted octanol–water partition coefficient (Wildman–Crippen LogP) is 4.26. The van der Waals surface area contributed by atoms with Gasteiger partial charge in [-0.25, -0.2) is 0 Å². The van der Waals surface area contributed by atoms with Crippen molar-refractivity contribution >= 4 is 57.8 Å². The highest BCUT2D eigenvalue weighted by atomic mass is 35.5. The molecular formula is C20H22Cl2N4OS. The van der Waals surface area contributed by atoms with Crippen molar-refractivity contribution in [3.63, 3.8) is 0 Å². The molecule has 2 aromatic carbocycles. The molecule has 148 valence electrons. The summed E-state index contributed by atoms with van der Waals surface area (Å²) in [5.74, 6) is -0.319. The van der Waals surface area contributed by atoms with Crippen LogP contribution in [0.25, 0.3) is 0 Å². The van der Waals surface area contributed by atoms with Crippen LogP contribution in [0.2, 0.25) is 10.0 Å². The highest BCUT2D eigenvalue weighted by Crippen LogP contribution is 2.34. The van der Waals surface area contributed by atoms with Crippen molar-refractivity contribution in [2.75, 3.05) is 42.9 Å². The third-order valence-electron chi connectivity index (χ3n) is 4.68. The van der Waals surface area contributed by atoms with Crippen LogP contribution in [0.15, 0.2) is 42.5 Å². The van der Waals surface area contributed by atoms with Crippen LogP contribution in [0.4, 0.5) is 11.4 Å². The summed E-state index contributed by atoms with van der Waals surface area (Å²) in [5, 5.41) is 7.16. The fraction of sp³-hybridized carbons (Fsp3) is 0.300. The van der Waals surface area contributed by atoms with Gasteiger partial charge in [-0.15, -0.1) is 0 Å². The van der Waals surface area contributed by atoms with Crippen molar-refractivity contribution in [1.29, 1.82) is 0 Å². The minimum Gasteiger partial charge on any atom is -0.366 e. The Morgan fingerprint density at radius 2 is 1.82 bits per heavy atom.